The molecule has 0 saturated heterocycles. The average Bonchev–Trinajstić information content (AvgIpc) is 2.45. The van der Waals surface area contributed by atoms with Crippen molar-refractivity contribution in [2.45, 2.75) is 45.6 Å². The molecule has 112 valence electrons. The van der Waals surface area contributed by atoms with E-state index in [2.05, 4.69) is 6.07 Å². The molecule has 0 spiro atoms. The van der Waals surface area contributed by atoms with Gasteiger partial charge in [-0.1, -0.05) is 23.8 Å². The van der Waals surface area contributed by atoms with Gasteiger partial charge in [0.2, 0.25) is 0 Å². The van der Waals surface area contributed by atoms with Gasteiger partial charge in [-0.05, 0) is 62.8 Å². The van der Waals surface area contributed by atoms with Gasteiger partial charge in [-0.2, -0.15) is 0 Å². The van der Waals surface area contributed by atoms with Crippen molar-refractivity contribution in [1.29, 1.82) is 0 Å². The Balaban J connectivity index is 2.08. The van der Waals surface area contributed by atoms with E-state index in [1.807, 2.05) is 32.1 Å². The zero-order chi connectivity index (χ0) is 15.2. The number of carbonyl (C=O) groups is 1. The average molecular weight is 286 g/mol. The summed E-state index contributed by atoms with van der Waals surface area (Å²) in [6.07, 6.45) is 9.27. The Bertz CT molecular complexity index is 570. The number of hydrogen-bond acceptors (Lipinski definition) is 2. The number of benzene rings is 1. The fourth-order valence-electron chi connectivity index (χ4n) is 2.72. The van der Waals surface area contributed by atoms with E-state index in [0.29, 0.717) is 0 Å². The molecule has 2 rings (SSSR count). The quantitative estimate of drug-likeness (QED) is 0.659. The maximum absolute atomic E-state index is 10.5. The first-order valence-electron chi connectivity index (χ1n) is 7.43. The van der Waals surface area contributed by atoms with Crippen LogP contribution in [0.4, 0.5) is 0 Å². The smallest absolute Gasteiger partial charge is 0.328 e. The summed E-state index contributed by atoms with van der Waals surface area (Å²) in [6.45, 7) is 3.85. The molecule has 3 nitrogen and oxygen atoms in total. The van der Waals surface area contributed by atoms with Crippen molar-refractivity contribution in [3.05, 3.63) is 53.1 Å². The van der Waals surface area contributed by atoms with Gasteiger partial charge in [0.1, 0.15) is 11.9 Å². The van der Waals surface area contributed by atoms with Gasteiger partial charge >= 0.3 is 5.97 Å². The van der Waals surface area contributed by atoms with Gasteiger partial charge in [0.25, 0.3) is 0 Å². The maximum atomic E-state index is 10.5. The van der Waals surface area contributed by atoms with Crippen LogP contribution in [0.3, 0.4) is 0 Å². The van der Waals surface area contributed by atoms with Crippen molar-refractivity contribution >= 4 is 5.97 Å². The molecule has 0 aliphatic heterocycles. The molecule has 1 aromatic rings. The molecule has 0 saturated carbocycles. The van der Waals surface area contributed by atoms with Gasteiger partial charge < -0.3 is 9.84 Å². The molecule has 1 unspecified atom stereocenters. The molecular formula is C18H22O3. The van der Waals surface area contributed by atoms with Crippen LogP contribution in [-0.4, -0.2) is 17.2 Å². The Hall–Kier alpha value is -2.03. The number of carboxylic acid groups (broad SMARTS) is 1. The molecular weight excluding hydrogens is 264 g/mol. The van der Waals surface area contributed by atoms with E-state index >= 15 is 0 Å². The van der Waals surface area contributed by atoms with Gasteiger partial charge in [0.15, 0.2) is 0 Å². The van der Waals surface area contributed by atoms with Gasteiger partial charge in [-0.25, -0.2) is 4.79 Å². The molecule has 1 aliphatic rings. The number of carboxylic acids is 1. The Labute approximate surface area is 125 Å². The second kappa shape index (κ2) is 7.11. The van der Waals surface area contributed by atoms with Crippen molar-refractivity contribution in [3.63, 3.8) is 0 Å². The van der Waals surface area contributed by atoms with Crippen molar-refractivity contribution in [2.75, 3.05) is 0 Å². The maximum Gasteiger partial charge on any atom is 0.328 e. The van der Waals surface area contributed by atoms with E-state index in [1.54, 1.807) is 6.08 Å². The minimum absolute atomic E-state index is 0.0862. The minimum atomic E-state index is -0.937. The predicted molar refractivity (Wildman–Crippen MR) is 83.7 cm³/mol. The second-order valence-electron chi connectivity index (χ2n) is 5.51. The monoisotopic (exact) mass is 286 g/mol. The van der Waals surface area contributed by atoms with Crippen molar-refractivity contribution in [2.24, 2.45) is 0 Å². The van der Waals surface area contributed by atoms with Crippen LogP contribution in [0.15, 0.2) is 42.0 Å². The first-order chi connectivity index (χ1) is 10.1. The Morgan fingerprint density at radius 1 is 1.29 bits per heavy atom. The summed E-state index contributed by atoms with van der Waals surface area (Å²) in [4.78, 5) is 10.5. The van der Waals surface area contributed by atoms with E-state index in [4.69, 9.17) is 9.84 Å². The lowest BCUT2D eigenvalue weighted by atomic mass is 9.91. The molecule has 1 aromatic carbocycles. The van der Waals surface area contributed by atoms with Crippen LogP contribution in [0, 0.1) is 0 Å². The lowest BCUT2D eigenvalue weighted by Crippen LogP contribution is -2.12. The second-order valence-corrected chi connectivity index (χ2v) is 5.51. The Kier molecular flexibility index (Phi) is 5.20. The van der Waals surface area contributed by atoms with E-state index in [0.717, 1.165) is 30.2 Å². The van der Waals surface area contributed by atoms with Gasteiger partial charge in [-0.15, -0.1) is 0 Å². The predicted octanol–water partition coefficient (Wildman–Crippen LogP) is 3.92. The largest absolute Gasteiger partial charge is 0.486 e. The summed E-state index contributed by atoms with van der Waals surface area (Å²) in [5, 5.41) is 8.62. The van der Waals surface area contributed by atoms with Crippen LogP contribution in [0.25, 0.3) is 0 Å². The number of fused-ring (bicyclic) bond motifs is 1. The van der Waals surface area contributed by atoms with E-state index in [1.165, 1.54) is 24.0 Å². The molecule has 0 bridgehead atoms. The molecule has 0 aromatic heterocycles. The van der Waals surface area contributed by atoms with Crippen LogP contribution >= 0.6 is 0 Å². The summed E-state index contributed by atoms with van der Waals surface area (Å²) >= 11 is 0. The highest BCUT2D eigenvalue weighted by Gasteiger charge is 2.14. The third-order valence-corrected chi connectivity index (χ3v) is 3.65. The summed E-state index contributed by atoms with van der Waals surface area (Å²) < 4.78 is 6.03. The fourth-order valence-corrected chi connectivity index (χ4v) is 2.72. The molecule has 0 radical (unpaired) electrons. The van der Waals surface area contributed by atoms with Crippen LogP contribution in [0.2, 0.25) is 0 Å². The highest BCUT2D eigenvalue weighted by atomic mass is 16.5. The normalized spacial score (nSPS) is 16.6. The molecule has 1 N–H and O–H groups in total. The topological polar surface area (TPSA) is 46.5 Å². The summed E-state index contributed by atoms with van der Waals surface area (Å²) in [5.41, 5.74) is 3.62. The third kappa shape index (κ3) is 4.48. The van der Waals surface area contributed by atoms with E-state index in [-0.39, 0.29) is 6.10 Å². The molecule has 21 heavy (non-hydrogen) atoms. The molecule has 3 heteroatoms. The highest BCUT2D eigenvalue weighted by Crippen LogP contribution is 2.30. The first-order valence-corrected chi connectivity index (χ1v) is 7.43. The number of hydrogen-bond donors (Lipinski definition) is 1. The Morgan fingerprint density at radius 3 is 2.81 bits per heavy atom. The first kappa shape index (κ1) is 15.4. The van der Waals surface area contributed by atoms with Crippen LogP contribution < -0.4 is 4.74 Å². The summed E-state index contributed by atoms with van der Waals surface area (Å²) in [6, 6.07) is 6.26. The SMILES string of the molecule is CC(/C=C/C(=O)O)=C\C(C)Oc1cccc2c1CCCC2. The van der Waals surface area contributed by atoms with Crippen LogP contribution in [0.1, 0.15) is 37.8 Å². The zero-order valence-electron chi connectivity index (χ0n) is 12.6. The van der Waals surface area contributed by atoms with Gasteiger partial charge in [-0.3, -0.25) is 0 Å². The molecule has 0 amide bonds. The lowest BCUT2D eigenvalue weighted by molar-refractivity contribution is -0.131. The lowest BCUT2D eigenvalue weighted by Gasteiger charge is -2.21. The molecule has 0 heterocycles. The highest BCUT2D eigenvalue weighted by molar-refractivity contribution is 5.80. The summed E-state index contributed by atoms with van der Waals surface area (Å²) in [5.74, 6) is 0.0272. The van der Waals surface area contributed by atoms with Crippen molar-refractivity contribution in [3.8, 4) is 5.75 Å². The fraction of sp³-hybridized carbons (Fsp3) is 0.389. The number of aryl methyl sites for hydroxylation is 1. The summed E-state index contributed by atoms with van der Waals surface area (Å²) in [7, 11) is 0. The Morgan fingerprint density at radius 2 is 2.05 bits per heavy atom. The van der Waals surface area contributed by atoms with Gasteiger partial charge in [0.05, 0.1) is 0 Å². The zero-order valence-corrected chi connectivity index (χ0v) is 12.6. The van der Waals surface area contributed by atoms with E-state index < -0.39 is 5.97 Å². The van der Waals surface area contributed by atoms with Crippen LogP contribution in [-0.2, 0) is 17.6 Å². The van der Waals surface area contributed by atoms with E-state index in [9.17, 15) is 4.79 Å². The number of rotatable bonds is 5. The standard InChI is InChI=1S/C18H22O3/c1-13(10-11-18(19)20)12-14(2)21-17-9-5-7-15-6-3-4-8-16(15)17/h5,7,9-12,14H,3-4,6,8H2,1-2H3,(H,19,20)/b11-10+,13-12+. The number of ether oxygens (including phenoxy) is 1. The number of allylic oxidation sites excluding steroid dienone is 2. The third-order valence-electron chi connectivity index (χ3n) is 3.65. The minimum Gasteiger partial charge on any atom is -0.486 e. The molecule has 0 fully saturated rings. The number of aliphatic carboxylic acids is 1. The van der Waals surface area contributed by atoms with Crippen molar-refractivity contribution < 1.29 is 14.6 Å². The van der Waals surface area contributed by atoms with Crippen LogP contribution in [0.5, 0.6) is 5.75 Å². The van der Waals surface area contributed by atoms with Gasteiger partial charge in [0, 0.05) is 6.08 Å². The molecule has 1 atom stereocenters. The van der Waals surface area contributed by atoms with Crippen molar-refractivity contribution in [1.82, 2.24) is 0 Å². The molecule has 1 aliphatic carbocycles.